The molecule has 0 aliphatic heterocycles. The molecule has 3 rings (SSSR count). The summed E-state index contributed by atoms with van der Waals surface area (Å²) in [5.41, 5.74) is 2.64. The van der Waals surface area contributed by atoms with Gasteiger partial charge in [-0.05, 0) is 44.5 Å². The molecule has 146 valence electrons. The van der Waals surface area contributed by atoms with E-state index >= 15 is 0 Å². The molecule has 0 spiro atoms. The third-order valence-corrected chi connectivity index (χ3v) is 3.93. The van der Waals surface area contributed by atoms with Crippen LogP contribution in [0.4, 0.5) is 0 Å². The predicted octanol–water partition coefficient (Wildman–Crippen LogP) is 3.04. The number of aromatic nitrogens is 4. The van der Waals surface area contributed by atoms with Crippen molar-refractivity contribution < 1.29 is 19.0 Å². The van der Waals surface area contributed by atoms with Crippen LogP contribution in [0.15, 0.2) is 36.4 Å². The average Bonchev–Trinajstić information content (AvgIpc) is 3.08. The molecule has 0 radical (unpaired) electrons. The fraction of sp³-hybridized carbons (Fsp3) is 0.300. The highest BCUT2D eigenvalue weighted by Gasteiger charge is 2.16. The zero-order valence-corrected chi connectivity index (χ0v) is 16.3. The standard InChI is InChI=1S/C20H22N4O4/c1-5-27-19(25)17-11-14(3)24(23-17)20-21-13(2)10-18(22-20)28-12-15-6-8-16(26-4)9-7-15/h6-11H,5,12H2,1-4H3. The average molecular weight is 382 g/mol. The van der Waals surface area contributed by atoms with Gasteiger partial charge in [0.2, 0.25) is 5.88 Å². The maximum atomic E-state index is 11.9. The van der Waals surface area contributed by atoms with Gasteiger partial charge in [-0.1, -0.05) is 12.1 Å². The van der Waals surface area contributed by atoms with Crippen LogP contribution in [0.1, 0.15) is 34.4 Å². The van der Waals surface area contributed by atoms with E-state index in [0.29, 0.717) is 18.4 Å². The number of esters is 1. The number of ether oxygens (including phenoxy) is 3. The van der Waals surface area contributed by atoms with E-state index in [9.17, 15) is 4.79 Å². The van der Waals surface area contributed by atoms with Crippen LogP contribution in [-0.2, 0) is 11.3 Å². The Labute approximate surface area is 163 Å². The van der Waals surface area contributed by atoms with Crippen molar-refractivity contribution in [2.24, 2.45) is 0 Å². The lowest BCUT2D eigenvalue weighted by Gasteiger charge is -2.09. The lowest BCUT2D eigenvalue weighted by molar-refractivity contribution is 0.0519. The normalized spacial score (nSPS) is 10.6. The molecule has 0 atom stereocenters. The van der Waals surface area contributed by atoms with Gasteiger partial charge >= 0.3 is 5.97 Å². The maximum Gasteiger partial charge on any atom is 0.358 e. The molecule has 0 saturated carbocycles. The monoisotopic (exact) mass is 382 g/mol. The number of rotatable bonds is 7. The number of nitrogens with zero attached hydrogens (tertiary/aromatic N) is 4. The van der Waals surface area contributed by atoms with Crippen LogP contribution in [0.2, 0.25) is 0 Å². The topological polar surface area (TPSA) is 88.4 Å². The van der Waals surface area contributed by atoms with Gasteiger partial charge in [-0.3, -0.25) is 0 Å². The Morgan fingerprint density at radius 2 is 1.86 bits per heavy atom. The Hall–Kier alpha value is -3.42. The zero-order valence-electron chi connectivity index (χ0n) is 16.3. The molecule has 0 unspecified atom stereocenters. The number of methoxy groups -OCH3 is 1. The van der Waals surface area contributed by atoms with E-state index in [0.717, 1.165) is 22.7 Å². The van der Waals surface area contributed by atoms with E-state index in [-0.39, 0.29) is 12.3 Å². The molecule has 0 N–H and O–H groups in total. The van der Waals surface area contributed by atoms with Gasteiger partial charge in [-0.25, -0.2) is 14.5 Å². The maximum absolute atomic E-state index is 11.9. The lowest BCUT2D eigenvalue weighted by Crippen LogP contribution is -2.10. The molecule has 0 amide bonds. The first-order valence-electron chi connectivity index (χ1n) is 8.85. The Bertz CT molecular complexity index is 967. The van der Waals surface area contributed by atoms with Crippen LogP contribution in [0.25, 0.3) is 5.95 Å². The van der Waals surface area contributed by atoms with Gasteiger partial charge in [0, 0.05) is 17.5 Å². The minimum absolute atomic E-state index is 0.213. The smallest absolute Gasteiger partial charge is 0.358 e. The highest BCUT2D eigenvalue weighted by molar-refractivity contribution is 5.87. The van der Waals surface area contributed by atoms with E-state index in [4.69, 9.17) is 14.2 Å². The van der Waals surface area contributed by atoms with Crippen LogP contribution < -0.4 is 9.47 Å². The molecule has 2 aromatic heterocycles. The summed E-state index contributed by atoms with van der Waals surface area (Å²) in [7, 11) is 1.63. The minimum atomic E-state index is -0.479. The van der Waals surface area contributed by atoms with Crippen molar-refractivity contribution in [3.05, 3.63) is 59.0 Å². The summed E-state index contributed by atoms with van der Waals surface area (Å²) >= 11 is 0. The number of hydrogen-bond donors (Lipinski definition) is 0. The third kappa shape index (κ3) is 4.46. The predicted molar refractivity (Wildman–Crippen MR) is 102 cm³/mol. The van der Waals surface area contributed by atoms with Gasteiger partial charge in [0.05, 0.1) is 13.7 Å². The Morgan fingerprint density at radius 3 is 2.54 bits per heavy atom. The molecular formula is C20H22N4O4. The summed E-state index contributed by atoms with van der Waals surface area (Å²) in [5.74, 6) is 1.06. The molecule has 0 bridgehead atoms. The molecular weight excluding hydrogens is 360 g/mol. The Kier molecular flexibility index (Phi) is 5.88. The van der Waals surface area contributed by atoms with Crippen LogP contribution in [0.3, 0.4) is 0 Å². The number of aryl methyl sites for hydroxylation is 2. The summed E-state index contributed by atoms with van der Waals surface area (Å²) < 4.78 is 17.5. The van der Waals surface area contributed by atoms with Crippen molar-refractivity contribution in [3.8, 4) is 17.6 Å². The van der Waals surface area contributed by atoms with Gasteiger partial charge < -0.3 is 14.2 Å². The van der Waals surface area contributed by atoms with Crippen molar-refractivity contribution in [1.82, 2.24) is 19.7 Å². The molecule has 28 heavy (non-hydrogen) atoms. The highest BCUT2D eigenvalue weighted by Crippen LogP contribution is 2.17. The van der Waals surface area contributed by atoms with Gasteiger partial charge in [0.1, 0.15) is 12.4 Å². The number of carbonyl (C=O) groups is 1. The number of benzene rings is 1. The second-order valence-corrected chi connectivity index (χ2v) is 6.09. The van der Waals surface area contributed by atoms with Crippen molar-refractivity contribution in [3.63, 3.8) is 0 Å². The first-order valence-corrected chi connectivity index (χ1v) is 8.85. The molecule has 8 nitrogen and oxygen atoms in total. The van der Waals surface area contributed by atoms with E-state index in [1.165, 1.54) is 4.68 Å². The van der Waals surface area contributed by atoms with Crippen LogP contribution in [-0.4, -0.2) is 39.4 Å². The second kappa shape index (κ2) is 8.51. The molecule has 0 aliphatic rings. The fourth-order valence-corrected chi connectivity index (χ4v) is 2.55. The summed E-state index contributed by atoms with van der Waals surface area (Å²) in [6.07, 6.45) is 0. The quantitative estimate of drug-likeness (QED) is 0.580. The van der Waals surface area contributed by atoms with Crippen LogP contribution in [0.5, 0.6) is 11.6 Å². The first kappa shape index (κ1) is 19.3. The zero-order chi connectivity index (χ0) is 20.1. The molecule has 1 aromatic carbocycles. The second-order valence-electron chi connectivity index (χ2n) is 6.09. The summed E-state index contributed by atoms with van der Waals surface area (Å²) in [6, 6.07) is 11.0. The molecule has 0 saturated heterocycles. The largest absolute Gasteiger partial charge is 0.497 e. The fourth-order valence-electron chi connectivity index (χ4n) is 2.55. The third-order valence-electron chi connectivity index (χ3n) is 3.93. The molecule has 2 heterocycles. The van der Waals surface area contributed by atoms with E-state index in [1.54, 1.807) is 26.2 Å². The summed E-state index contributed by atoms with van der Waals surface area (Å²) in [6.45, 7) is 6.05. The van der Waals surface area contributed by atoms with Gasteiger partial charge in [0.25, 0.3) is 5.95 Å². The van der Waals surface area contributed by atoms with Crippen LogP contribution >= 0.6 is 0 Å². The Morgan fingerprint density at radius 1 is 1.11 bits per heavy atom. The molecule has 8 heteroatoms. The highest BCUT2D eigenvalue weighted by atomic mass is 16.5. The van der Waals surface area contributed by atoms with E-state index in [1.807, 2.05) is 38.1 Å². The molecule has 0 aliphatic carbocycles. The molecule has 3 aromatic rings. The van der Waals surface area contributed by atoms with Crippen LogP contribution in [0, 0.1) is 13.8 Å². The van der Waals surface area contributed by atoms with Crippen molar-refractivity contribution >= 4 is 5.97 Å². The summed E-state index contributed by atoms with van der Waals surface area (Å²) in [4.78, 5) is 20.7. The van der Waals surface area contributed by atoms with Gasteiger partial charge in [-0.15, -0.1) is 0 Å². The van der Waals surface area contributed by atoms with E-state index in [2.05, 4.69) is 15.1 Å². The molecule has 0 fully saturated rings. The van der Waals surface area contributed by atoms with Crippen molar-refractivity contribution in [2.75, 3.05) is 13.7 Å². The van der Waals surface area contributed by atoms with Gasteiger partial charge in [-0.2, -0.15) is 10.1 Å². The van der Waals surface area contributed by atoms with Crippen molar-refractivity contribution in [2.45, 2.75) is 27.4 Å². The SMILES string of the molecule is CCOC(=O)c1cc(C)n(-c2nc(C)cc(OCc3ccc(OC)cc3)n2)n1. The van der Waals surface area contributed by atoms with E-state index < -0.39 is 5.97 Å². The Balaban J connectivity index is 1.80. The van der Waals surface area contributed by atoms with Gasteiger partial charge in [0.15, 0.2) is 5.69 Å². The lowest BCUT2D eigenvalue weighted by atomic mass is 10.2. The minimum Gasteiger partial charge on any atom is -0.497 e. The summed E-state index contributed by atoms with van der Waals surface area (Å²) in [5, 5.41) is 4.27. The number of hydrogen-bond acceptors (Lipinski definition) is 7. The van der Waals surface area contributed by atoms with Crippen molar-refractivity contribution in [1.29, 1.82) is 0 Å². The number of carbonyl (C=O) groups excluding carboxylic acids is 1. The first-order chi connectivity index (χ1) is 13.5.